The van der Waals surface area contributed by atoms with E-state index in [0.717, 1.165) is 12.8 Å². The van der Waals surface area contributed by atoms with E-state index in [1.807, 2.05) is 6.92 Å². The van der Waals surface area contributed by atoms with Gasteiger partial charge in [0.15, 0.2) is 0 Å². The number of aromatic nitrogens is 2. The van der Waals surface area contributed by atoms with Crippen molar-refractivity contribution in [1.29, 1.82) is 0 Å². The molecule has 92 valence electrons. The van der Waals surface area contributed by atoms with Crippen LogP contribution in [-0.2, 0) is 10.0 Å². The number of nitrogens with zero attached hydrogens (tertiary/aromatic N) is 1. The molecule has 1 rings (SSSR count). The first kappa shape index (κ1) is 13.7. The number of halogens is 1. The predicted octanol–water partition coefficient (Wildman–Crippen LogP) is 1.56. The summed E-state index contributed by atoms with van der Waals surface area (Å²) in [5.41, 5.74) is 0.554. The lowest BCUT2D eigenvalue weighted by Crippen LogP contribution is -2.26. The smallest absolute Gasteiger partial charge is 0.243 e. The molecule has 5 nitrogen and oxygen atoms in total. The molecule has 0 amide bonds. The van der Waals surface area contributed by atoms with Gasteiger partial charge >= 0.3 is 0 Å². The average Bonchev–Trinajstić information content (AvgIpc) is 2.64. The summed E-state index contributed by atoms with van der Waals surface area (Å²) in [5, 5.41) is 6.30. The van der Waals surface area contributed by atoms with Crippen LogP contribution in [0.25, 0.3) is 0 Å². The predicted molar refractivity (Wildman–Crippen MR) is 66.1 cm³/mol. The number of hydrogen-bond acceptors (Lipinski definition) is 3. The molecule has 0 radical (unpaired) electrons. The molecule has 1 aromatic rings. The van der Waals surface area contributed by atoms with Crippen LogP contribution in [0.3, 0.4) is 0 Å². The van der Waals surface area contributed by atoms with Gasteiger partial charge in [-0.3, -0.25) is 5.10 Å². The van der Waals surface area contributed by atoms with Crippen molar-refractivity contribution in [2.24, 2.45) is 0 Å². The zero-order valence-electron chi connectivity index (χ0n) is 9.33. The second-order valence-corrected chi connectivity index (χ2v) is 6.58. The number of nitrogens with one attached hydrogen (secondary N) is 2. The third-order valence-corrected chi connectivity index (χ3v) is 4.95. The van der Waals surface area contributed by atoms with Crippen molar-refractivity contribution < 1.29 is 8.42 Å². The van der Waals surface area contributed by atoms with Crippen LogP contribution in [-0.4, -0.2) is 30.0 Å². The van der Waals surface area contributed by atoms with Crippen molar-refractivity contribution in [3.63, 3.8) is 0 Å². The number of aromatic amines is 1. The summed E-state index contributed by atoms with van der Waals surface area (Å²) in [5.74, 6) is 0. The number of sulfonamides is 1. The number of hydrogen-bond donors (Lipinski definition) is 2. The molecule has 0 aliphatic carbocycles. The first-order valence-electron chi connectivity index (χ1n) is 5.11. The van der Waals surface area contributed by atoms with E-state index in [9.17, 15) is 8.42 Å². The zero-order valence-corrected chi connectivity index (χ0v) is 11.7. The molecule has 0 spiro atoms. The van der Waals surface area contributed by atoms with Crippen LogP contribution in [0, 0.1) is 6.92 Å². The number of alkyl halides is 1. The van der Waals surface area contributed by atoms with E-state index in [0.29, 0.717) is 17.1 Å². The van der Waals surface area contributed by atoms with Gasteiger partial charge in [0.05, 0.1) is 11.9 Å². The maximum Gasteiger partial charge on any atom is 0.243 e. The fraction of sp³-hybridized carbons (Fsp3) is 0.667. The van der Waals surface area contributed by atoms with E-state index < -0.39 is 10.0 Å². The Hall–Kier alpha value is -0.400. The van der Waals surface area contributed by atoms with Crippen LogP contribution in [0.1, 0.15) is 25.5 Å². The van der Waals surface area contributed by atoms with Crippen LogP contribution in [0.2, 0.25) is 0 Å². The molecule has 2 N–H and O–H groups in total. The molecule has 7 heteroatoms. The van der Waals surface area contributed by atoms with Crippen LogP contribution < -0.4 is 4.72 Å². The highest BCUT2D eigenvalue weighted by Gasteiger charge is 2.17. The van der Waals surface area contributed by atoms with Gasteiger partial charge in [-0.2, -0.15) is 5.10 Å². The lowest BCUT2D eigenvalue weighted by Gasteiger charge is -2.08. The summed E-state index contributed by atoms with van der Waals surface area (Å²) in [6, 6.07) is 0. The zero-order chi connectivity index (χ0) is 12.2. The van der Waals surface area contributed by atoms with Crippen LogP contribution >= 0.6 is 15.9 Å². The highest BCUT2D eigenvalue weighted by Crippen LogP contribution is 2.12. The molecule has 16 heavy (non-hydrogen) atoms. The highest BCUT2D eigenvalue weighted by molar-refractivity contribution is 9.09. The lowest BCUT2D eigenvalue weighted by atomic mass is 10.2. The minimum atomic E-state index is -3.42. The van der Waals surface area contributed by atoms with E-state index in [-0.39, 0.29) is 4.90 Å². The van der Waals surface area contributed by atoms with Gasteiger partial charge in [0.25, 0.3) is 0 Å². The maximum absolute atomic E-state index is 11.8. The van der Waals surface area contributed by atoms with Crippen molar-refractivity contribution >= 4 is 26.0 Å². The summed E-state index contributed by atoms with van der Waals surface area (Å²) in [6.07, 6.45) is 3.07. The largest absolute Gasteiger partial charge is 0.281 e. The molecule has 0 aliphatic heterocycles. The Bertz CT molecular complexity index is 430. The molecule has 1 unspecified atom stereocenters. The van der Waals surface area contributed by atoms with Crippen molar-refractivity contribution in [2.75, 3.05) is 6.54 Å². The molecule has 0 saturated carbocycles. The van der Waals surface area contributed by atoms with Gasteiger partial charge in [0.2, 0.25) is 10.0 Å². The summed E-state index contributed by atoms with van der Waals surface area (Å²) >= 11 is 3.45. The molecule has 0 aliphatic rings. The second-order valence-electron chi connectivity index (χ2n) is 3.55. The quantitative estimate of drug-likeness (QED) is 0.783. The van der Waals surface area contributed by atoms with E-state index in [2.05, 4.69) is 30.8 Å². The summed E-state index contributed by atoms with van der Waals surface area (Å²) < 4.78 is 26.1. The topological polar surface area (TPSA) is 74.8 Å². The molecule has 0 aromatic carbocycles. The normalized spacial score (nSPS) is 13.9. The third-order valence-electron chi connectivity index (χ3n) is 2.27. The van der Waals surface area contributed by atoms with Gasteiger partial charge in [0.1, 0.15) is 4.90 Å². The van der Waals surface area contributed by atoms with Gasteiger partial charge in [-0.1, -0.05) is 22.9 Å². The van der Waals surface area contributed by atoms with Gasteiger partial charge in [-0.25, -0.2) is 13.1 Å². The van der Waals surface area contributed by atoms with Gasteiger partial charge in [-0.05, 0) is 19.8 Å². The Labute approximate surface area is 104 Å². The Morgan fingerprint density at radius 1 is 1.62 bits per heavy atom. The second kappa shape index (κ2) is 5.79. The highest BCUT2D eigenvalue weighted by atomic mass is 79.9. The summed E-state index contributed by atoms with van der Waals surface area (Å²) in [4.78, 5) is 0.566. The molecule has 0 fully saturated rings. The standard InChI is InChI=1S/C9H16BrN3O2S/c1-3-8(10)4-5-12-16(14,15)9-6-11-13-7(9)2/h6,8,12H,3-5H2,1-2H3,(H,11,13). The Balaban J connectivity index is 2.57. The molecule has 0 bridgehead atoms. The van der Waals surface area contributed by atoms with Gasteiger partial charge < -0.3 is 0 Å². The third kappa shape index (κ3) is 3.57. The van der Waals surface area contributed by atoms with Crippen molar-refractivity contribution in [3.05, 3.63) is 11.9 Å². The Kier molecular flexibility index (Phi) is 4.94. The molecule has 1 atom stereocenters. The maximum atomic E-state index is 11.8. The average molecular weight is 310 g/mol. The first-order chi connectivity index (χ1) is 7.47. The molecule has 0 saturated heterocycles. The van der Waals surface area contributed by atoms with E-state index in [1.54, 1.807) is 6.92 Å². The van der Waals surface area contributed by atoms with Gasteiger partial charge in [0, 0.05) is 11.4 Å². The fourth-order valence-electron chi connectivity index (χ4n) is 1.24. The Morgan fingerprint density at radius 2 is 2.31 bits per heavy atom. The molecule has 1 heterocycles. The summed E-state index contributed by atoms with van der Waals surface area (Å²) in [7, 11) is -3.42. The fourth-order valence-corrected chi connectivity index (χ4v) is 2.65. The van der Waals surface area contributed by atoms with Crippen LogP contribution in [0.15, 0.2) is 11.1 Å². The van der Waals surface area contributed by atoms with E-state index >= 15 is 0 Å². The first-order valence-corrected chi connectivity index (χ1v) is 7.51. The minimum Gasteiger partial charge on any atom is -0.281 e. The number of aryl methyl sites for hydroxylation is 1. The van der Waals surface area contributed by atoms with Gasteiger partial charge in [-0.15, -0.1) is 0 Å². The SMILES string of the molecule is CCC(Br)CCNS(=O)(=O)c1cn[nH]c1C. The monoisotopic (exact) mass is 309 g/mol. The van der Waals surface area contributed by atoms with Crippen LogP contribution in [0.4, 0.5) is 0 Å². The van der Waals surface area contributed by atoms with Crippen LogP contribution in [0.5, 0.6) is 0 Å². The van der Waals surface area contributed by atoms with Crippen molar-refractivity contribution in [1.82, 2.24) is 14.9 Å². The molecular formula is C9H16BrN3O2S. The van der Waals surface area contributed by atoms with Crippen molar-refractivity contribution in [3.8, 4) is 0 Å². The summed E-state index contributed by atoms with van der Waals surface area (Å²) in [6.45, 7) is 4.16. The minimum absolute atomic E-state index is 0.218. The number of rotatable bonds is 6. The van der Waals surface area contributed by atoms with Crippen molar-refractivity contribution in [2.45, 2.75) is 36.4 Å². The molecular weight excluding hydrogens is 294 g/mol. The van der Waals surface area contributed by atoms with E-state index in [1.165, 1.54) is 6.20 Å². The Morgan fingerprint density at radius 3 is 2.81 bits per heavy atom. The lowest BCUT2D eigenvalue weighted by molar-refractivity contribution is 0.577. The molecule has 1 aromatic heterocycles. The number of H-pyrrole nitrogens is 1. The van der Waals surface area contributed by atoms with E-state index in [4.69, 9.17) is 0 Å².